The molecule has 1 aliphatic heterocycles. The molecule has 0 amide bonds. The Morgan fingerprint density at radius 3 is 2.86 bits per heavy atom. The summed E-state index contributed by atoms with van der Waals surface area (Å²) in [7, 11) is 1.95. The number of aromatic nitrogens is 2. The van der Waals surface area contributed by atoms with Crippen LogP contribution in [0.5, 0.6) is 0 Å². The van der Waals surface area contributed by atoms with E-state index in [-0.39, 0.29) is 0 Å². The average molecular weight is 299 g/mol. The topological polar surface area (TPSA) is 30.3 Å². The molecule has 1 fully saturated rings. The fourth-order valence-electron chi connectivity index (χ4n) is 2.80. The Hall–Kier alpha value is -1.85. The highest BCUT2D eigenvalue weighted by Gasteiger charge is 2.15. The molecule has 0 bridgehead atoms. The number of thiophene rings is 1. The lowest BCUT2D eigenvalue weighted by Gasteiger charge is -2.27. The van der Waals surface area contributed by atoms with Gasteiger partial charge in [0.25, 0.3) is 0 Å². The van der Waals surface area contributed by atoms with Gasteiger partial charge in [0.05, 0.1) is 24.4 Å². The van der Waals surface area contributed by atoms with Gasteiger partial charge in [0.2, 0.25) is 0 Å². The van der Waals surface area contributed by atoms with Gasteiger partial charge in [0.15, 0.2) is 0 Å². The van der Waals surface area contributed by atoms with Crippen LogP contribution < -0.4 is 4.90 Å². The number of hydrogen-bond acceptors (Lipinski definition) is 4. The van der Waals surface area contributed by atoms with E-state index in [1.165, 1.54) is 26.2 Å². The summed E-state index contributed by atoms with van der Waals surface area (Å²) >= 11 is 1.86. The zero-order valence-electron chi connectivity index (χ0n) is 12.0. The van der Waals surface area contributed by atoms with Crippen molar-refractivity contribution >= 4 is 26.4 Å². The molecule has 3 aromatic rings. The van der Waals surface area contributed by atoms with Gasteiger partial charge < -0.3 is 9.64 Å². The third-order valence-electron chi connectivity index (χ3n) is 3.89. The van der Waals surface area contributed by atoms with Gasteiger partial charge in [-0.1, -0.05) is 12.1 Å². The molecule has 1 aromatic carbocycles. The molecule has 2 aromatic heterocycles. The highest BCUT2D eigenvalue weighted by molar-refractivity contribution is 7.22. The second-order valence-electron chi connectivity index (χ2n) is 5.30. The quantitative estimate of drug-likeness (QED) is 0.728. The molecule has 4 nitrogen and oxygen atoms in total. The number of nitrogens with zero attached hydrogens (tertiary/aromatic N) is 3. The molecule has 0 N–H and O–H groups in total. The first-order valence-electron chi connectivity index (χ1n) is 7.15. The summed E-state index contributed by atoms with van der Waals surface area (Å²) in [5.41, 5.74) is 2.44. The van der Waals surface area contributed by atoms with E-state index >= 15 is 0 Å². The Morgan fingerprint density at radius 1 is 1.24 bits per heavy atom. The minimum atomic E-state index is 0.823. The van der Waals surface area contributed by atoms with Gasteiger partial charge in [-0.15, -0.1) is 11.3 Å². The van der Waals surface area contributed by atoms with Gasteiger partial charge in [-0.3, -0.25) is 4.68 Å². The number of fused-ring (bicyclic) bond motifs is 1. The molecule has 0 atom stereocenters. The van der Waals surface area contributed by atoms with E-state index in [2.05, 4.69) is 40.5 Å². The number of aryl methyl sites for hydroxylation is 1. The molecule has 0 aliphatic carbocycles. The van der Waals surface area contributed by atoms with Crippen LogP contribution in [0, 0.1) is 0 Å². The Balaban J connectivity index is 1.80. The van der Waals surface area contributed by atoms with Crippen LogP contribution in [0.1, 0.15) is 0 Å². The summed E-state index contributed by atoms with van der Waals surface area (Å²) in [5, 5.41) is 6.94. The summed E-state index contributed by atoms with van der Waals surface area (Å²) in [4.78, 5) is 2.42. The third-order valence-corrected chi connectivity index (χ3v) is 5.05. The van der Waals surface area contributed by atoms with Crippen LogP contribution in [0.2, 0.25) is 0 Å². The van der Waals surface area contributed by atoms with Gasteiger partial charge in [0.1, 0.15) is 0 Å². The van der Waals surface area contributed by atoms with Gasteiger partial charge in [-0.05, 0) is 17.7 Å². The maximum atomic E-state index is 5.44. The van der Waals surface area contributed by atoms with Crippen molar-refractivity contribution in [2.75, 3.05) is 31.2 Å². The van der Waals surface area contributed by atoms with Crippen LogP contribution in [0.3, 0.4) is 0 Å². The van der Waals surface area contributed by atoms with Crippen molar-refractivity contribution in [1.29, 1.82) is 0 Å². The number of benzene rings is 1. The molecule has 0 radical (unpaired) electrons. The Morgan fingerprint density at radius 2 is 2.10 bits per heavy atom. The van der Waals surface area contributed by atoms with E-state index in [9.17, 15) is 0 Å². The molecule has 21 heavy (non-hydrogen) atoms. The van der Waals surface area contributed by atoms with Gasteiger partial charge in [-0.2, -0.15) is 5.10 Å². The minimum Gasteiger partial charge on any atom is -0.378 e. The van der Waals surface area contributed by atoms with Crippen LogP contribution in [0.4, 0.5) is 5.00 Å². The van der Waals surface area contributed by atoms with Crippen LogP contribution >= 0.6 is 11.3 Å². The molecule has 0 spiro atoms. The van der Waals surface area contributed by atoms with Crippen molar-refractivity contribution in [3.63, 3.8) is 0 Å². The highest BCUT2D eigenvalue weighted by atomic mass is 32.1. The van der Waals surface area contributed by atoms with Crippen molar-refractivity contribution in [2.45, 2.75) is 0 Å². The smallest absolute Gasteiger partial charge is 0.0922 e. The molecule has 108 valence electrons. The molecular formula is C16H17N3OS. The van der Waals surface area contributed by atoms with E-state index < -0.39 is 0 Å². The van der Waals surface area contributed by atoms with E-state index in [0.717, 1.165) is 26.3 Å². The summed E-state index contributed by atoms with van der Waals surface area (Å²) in [6.45, 7) is 3.61. The Labute approximate surface area is 127 Å². The SMILES string of the molecule is Cn1cc(-c2cccc3sc(N4CCOCC4)cc23)cn1. The Kier molecular flexibility index (Phi) is 3.16. The second kappa shape index (κ2) is 5.16. The first-order valence-corrected chi connectivity index (χ1v) is 7.97. The van der Waals surface area contributed by atoms with Crippen molar-refractivity contribution in [2.24, 2.45) is 7.05 Å². The lowest BCUT2D eigenvalue weighted by molar-refractivity contribution is 0.123. The fourth-order valence-corrected chi connectivity index (χ4v) is 3.94. The average Bonchev–Trinajstić information content (AvgIpc) is 3.14. The molecule has 0 unspecified atom stereocenters. The van der Waals surface area contributed by atoms with E-state index in [1.807, 2.05) is 29.3 Å². The lowest BCUT2D eigenvalue weighted by Crippen LogP contribution is -2.35. The number of anilines is 1. The standard InChI is InChI=1S/C16H17N3OS/c1-18-11-12(10-17-18)13-3-2-4-15-14(13)9-16(21-15)19-5-7-20-8-6-19/h2-4,9-11H,5-8H2,1H3. The summed E-state index contributed by atoms with van der Waals surface area (Å²) < 4.78 is 8.62. The van der Waals surface area contributed by atoms with Crippen molar-refractivity contribution in [3.05, 3.63) is 36.7 Å². The zero-order chi connectivity index (χ0) is 14.2. The summed E-state index contributed by atoms with van der Waals surface area (Å²) in [5.74, 6) is 0. The normalized spacial score (nSPS) is 15.8. The van der Waals surface area contributed by atoms with E-state index in [0.29, 0.717) is 0 Å². The highest BCUT2D eigenvalue weighted by Crippen LogP contribution is 2.38. The Bertz CT molecular complexity index is 771. The number of ether oxygens (including phenoxy) is 1. The second-order valence-corrected chi connectivity index (χ2v) is 6.37. The predicted octanol–water partition coefficient (Wildman–Crippen LogP) is 3.14. The molecule has 4 rings (SSSR count). The van der Waals surface area contributed by atoms with Gasteiger partial charge in [-0.25, -0.2) is 0 Å². The monoisotopic (exact) mass is 299 g/mol. The first kappa shape index (κ1) is 12.9. The maximum absolute atomic E-state index is 5.44. The largest absolute Gasteiger partial charge is 0.378 e. The lowest BCUT2D eigenvalue weighted by atomic mass is 10.1. The van der Waals surface area contributed by atoms with Crippen LogP contribution in [0.15, 0.2) is 36.7 Å². The molecule has 3 heterocycles. The van der Waals surface area contributed by atoms with Crippen molar-refractivity contribution in [1.82, 2.24) is 9.78 Å². The molecule has 5 heteroatoms. The van der Waals surface area contributed by atoms with Crippen LogP contribution in [-0.4, -0.2) is 36.1 Å². The maximum Gasteiger partial charge on any atom is 0.0922 e. The van der Waals surface area contributed by atoms with Gasteiger partial charge in [0, 0.05) is 42.0 Å². The van der Waals surface area contributed by atoms with Crippen LogP contribution in [-0.2, 0) is 11.8 Å². The summed E-state index contributed by atoms with van der Waals surface area (Å²) in [6.07, 6.45) is 4.00. The van der Waals surface area contributed by atoms with E-state index in [4.69, 9.17) is 4.74 Å². The number of hydrogen-bond donors (Lipinski definition) is 0. The number of rotatable bonds is 2. The van der Waals surface area contributed by atoms with Crippen LogP contribution in [0.25, 0.3) is 21.2 Å². The third kappa shape index (κ3) is 2.32. The molecular weight excluding hydrogens is 282 g/mol. The first-order chi connectivity index (χ1) is 10.3. The van der Waals surface area contributed by atoms with Crippen molar-refractivity contribution < 1.29 is 4.74 Å². The predicted molar refractivity (Wildman–Crippen MR) is 87.1 cm³/mol. The van der Waals surface area contributed by atoms with E-state index in [1.54, 1.807) is 0 Å². The summed E-state index contributed by atoms with van der Waals surface area (Å²) in [6, 6.07) is 8.82. The molecule has 0 saturated carbocycles. The fraction of sp³-hybridized carbons (Fsp3) is 0.312. The molecule has 1 saturated heterocycles. The van der Waals surface area contributed by atoms with Gasteiger partial charge >= 0.3 is 0 Å². The zero-order valence-corrected chi connectivity index (χ0v) is 12.8. The van der Waals surface area contributed by atoms with Crippen molar-refractivity contribution in [3.8, 4) is 11.1 Å². The number of morpholine rings is 1. The minimum absolute atomic E-state index is 0.823. The molecule has 1 aliphatic rings.